The van der Waals surface area contributed by atoms with E-state index in [1.165, 1.54) is 0 Å². The van der Waals surface area contributed by atoms with Gasteiger partial charge in [0.25, 0.3) is 5.91 Å². The number of primary amides is 1. The molecule has 0 spiro atoms. The first kappa shape index (κ1) is 51.7. The Kier molecular flexibility index (Phi) is 17.7. The van der Waals surface area contributed by atoms with E-state index in [9.17, 15) is 40.8 Å². The van der Waals surface area contributed by atoms with Gasteiger partial charge in [0.1, 0.15) is 29.0 Å². The van der Waals surface area contributed by atoms with Crippen LogP contribution in [-0.4, -0.2) is 89.4 Å². The molecule has 1 aromatic carbocycles. The van der Waals surface area contributed by atoms with Gasteiger partial charge in [0.2, 0.25) is 27.7 Å². The van der Waals surface area contributed by atoms with Crippen molar-refractivity contribution in [1.82, 2.24) is 25.2 Å². The van der Waals surface area contributed by atoms with Gasteiger partial charge in [0.15, 0.2) is 0 Å². The summed E-state index contributed by atoms with van der Waals surface area (Å²) in [5.41, 5.74) is 0.852. The van der Waals surface area contributed by atoms with Gasteiger partial charge in [-0.2, -0.15) is 13.2 Å². The third kappa shape index (κ3) is 12.7. The average molecular weight is 905 g/mol. The minimum atomic E-state index is -4.48. The zero-order valence-corrected chi connectivity index (χ0v) is 38.6. The summed E-state index contributed by atoms with van der Waals surface area (Å²) in [6.45, 7) is 18.2. The second-order valence-electron chi connectivity index (χ2n) is 16.9. The first-order valence-electron chi connectivity index (χ1n) is 21.7. The van der Waals surface area contributed by atoms with Crippen LogP contribution in [0, 0.1) is 17.8 Å². The number of fused-ring (bicyclic) bond motifs is 3. The number of ether oxygens (including phenoxy) is 2. The fourth-order valence-corrected chi connectivity index (χ4v) is 8.75. The molecule has 0 unspecified atom stereocenters. The summed E-state index contributed by atoms with van der Waals surface area (Å²) in [4.78, 5) is 57.7. The summed E-state index contributed by atoms with van der Waals surface area (Å²) < 4.78 is 75.2. The van der Waals surface area contributed by atoms with Crippen molar-refractivity contribution in [3.05, 3.63) is 42.6 Å². The third-order valence-electron chi connectivity index (χ3n) is 11.4. The molecule has 0 bridgehead atoms. The molecule has 1 aromatic heterocycles. The van der Waals surface area contributed by atoms with Gasteiger partial charge in [-0.05, 0) is 108 Å². The topological polar surface area (TPSA) is 199 Å². The maximum absolute atomic E-state index is 14.1. The van der Waals surface area contributed by atoms with Crippen LogP contribution in [0.25, 0.3) is 10.8 Å². The third-order valence-corrected chi connectivity index (χ3v) is 13.6. The van der Waals surface area contributed by atoms with Crippen LogP contribution in [0.3, 0.4) is 0 Å². The van der Waals surface area contributed by atoms with E-state index >= 15 is 0 Å². The molecule has 0 radical (unpaired) electrons. The van der Waals surface area contributed by atoms with Crippen LogP contribution in [0.5, 0.6) is 11.6 Å². The van der Waals surface area contributed by atoms with Gasteiger partial charge in [-0.25, -0.2) is 18.2 Å². The van der Waals surface area contributed by atoms with E-state index in [0.29, 0.717) is 31.2 Å². The number of hydrogen-bond acceptors (Lipinski definition) is 9. The predicted molar refractivity (Wildman–Crippen MR) is 241 cm³/mol. The van der Waals surface area contributed by atoms with Gasteiger partial charge < -0.3 is 30.7 Å². The van der Waals surface area contributed by atoms with Crippen molar-refractivity contribution in [1.29, 1.82) is 0 Å². The fourth-order valence-electron chi connectivity index (χ4n) is 7.43. The van der Waals surface area contributed by atoms with E-state index in [2.05, 4.69) is 34.6 Å². The smallest absolute Gasteiger partial charge is 0.411 e. The quantitative estimate of drug-likeness (QED) is 0.188. The first-order chi connectivity index (χ1) is 29.0. The predicted octanol–water partition coefficient (Wildman–Crippen LogP) is 8.29. The van der Waals surface area contributed by atoms with E-state index in [0.717, 1.165) is 49.6 Å². The summed E-state index contributed by atoms with van der Waals surface area (Å²) in [5, 5.41) is 6.18. The number of nitrogens with two attached hydrogens (primary N) is 1. The Labute approximate surface area is 370 Å². The van der Waals surface area contributed by atoms with Gasteiger partial charge in [0, 0.05) is 36.0 Å². The van der Waals surface area contributed by atoms with Crippen molar-refractivity contribution in [3.63, 3.8) is 0 Å². The highest BCUT2D eigenvalue weighted by molar-refractivity contribution is 7.91. The highest BCUT2D eigenvalue weighted by atomic mass is 32.2. The van der Waals surface area contributed by atoms with E-state index in [4.69, 9.17) is 9.47 Å². The molecule has 356 valence electrons. The number of carbonyl (C=O) groups is 4. The van der Waals surface area contributed by atoms with Crippen LogP contribution in [0.4, 0.5) is 18.0 Å². The number of amides is 5. The number of halogens is 3. The van der Waals surface area contributed by atoms with Crippen molar-refractivity contribution < 1.29 is 55.9 Å². The van der Waals surface area contributed by atoms with Crippen LogP contribution in [0.1, 0.15) is 126 Å². The van der Waals surface area contributed by atoms with Gasteiger partial charge in [-0.3, -0.25) is 19.1 Å². The van der Waals surface area contributed by atoms with Crippen molar-refractivity contribution in [2.45, 2.75) is 155 Å². The molecule has 6 rings (SSSR count). The number of hydrogen-bond donors (Lipinski definition) is 4. The molecule has 2 aliphatic carbocycles. The first-order valence-corrected chi connectivity index (χ1v) is 23.2. The molecular formula is C44H75F3N6O8S. The van der Waals surface area contributed by atoms with Crippen molar-refractivity contribution >= 4 is 44.5 Å². The Balaban J connectivity index is 0. The summed E-state index contributed by atoms with van der Waals surface area (Å²) in [6, 6.07) is 5.45. The maximum Gasteiger partial charge on any atom is 0.411 e. The van der Waals surface area contributed by atoms with Crippen molar-refractivity contribution in [3.8, 4) is 11.6 Å². The van der Waals surface area contributed by atoms with Crippen molar-refractivity contribution in [2.24, 2.45) is 23.5 Å². The van der Waals surface area contributed by atoms with E-state index in [-0.39, 0.29) is 49.3 Å². The molecule has 62 heavy (non-hydrogen) atoms. The molecule has 6 atom stereocenters. The lowest BCUT2D eigenvalue weighted by atomic mass is 9.91. The lowest BCUT2D eigenvalue weighted by molar-refractivity contribution is -0.182. The number of pyridine rings is 1. The van der Waals surface area contributed by atoms with Crippen molar-refractivity contribution in [2.75, 3.05) is 13.2 Å². The number of benzene rings is 1. The summed E-state index contributed by atoms with van der Waals surface area (Å²) in [5.74, 6) is -0.0820. The van der Waals surface area contributed by atoms with E-state index in [1.807, 2.05) is 71.0 Å². The minimum Gasteiger partial charge on any atom is -0.494 e. The fraction of sp³-hybridized carbons (Fsp3) is 0.659. The largest absolute Gasteiger partial charge is 0.494 e. The number of allylic oxidation sites excluding steroid dienone is 1. The molecule has 1 saturated heterocycles. The number of nitrogens with zero attached hydrogens (tertiary/aromatic N) is 2. The number of rotatable bonds is 8. The van der Waals surface area contributed by atoms with Gasteiger partial charge in [0.05, 0.1) is 17.9 Å². The highest BCUT2D eigenvalue weighted by Crippen LogP contribution is 2.47. The lowest BCUT2D eigenvalue weighted by Crippen LogP contribution is -2.57. The molecule has 2 aliphatic heterocycles. The number of urea groups is 1. The van der Waals surface area contributed by atoms with Crippen LogP contribution >= 0.6 is 0 Å². The number of carbonyl (C=O) groups excluding carboxylic acids is 4. The Hall–Kier alpha value is -4.61. The van der Waals surface area contributed by atoms with Crippen LogP contribution in [0.15, 0.2) is 42.6 Å². The molecular weight excluding hydrogens is 830 g/mol. The number of aromatic nitrogens is 1. The molecule has 3 heterocycles. The molecule has 2 aromatic rings. The van der Waals surface area contributed by atoms with Crippen LogP contribution in [0.2, 0.25) is 0 Å². The number of alkyl halides is 3. The highest BCUT2D eigenvalue weighted by Gasteiger charge is 2.63. The monoisotopic (exact) mass is 905 g/mol. The molecule has 3 fully saturated rings. The molecule has 5 amide bonds. The Bertz CT molecular complexity index is 2050. The molecule has 5 N–H and O–H groups in total. The maximum atomic E-state index is 14.1. The van der Waals surface area contributed by atoms with Gasteiger partial charge in [-0.15, -0.1) is 0 Å². The van der Waals surface area contributed by atoms with E-state index in [1.54, 1.807) is 23.3 Å². The summed E-state index contributed by atoms with van der Waals surface area (Å²) in [6.07, 6.45) is 4.91. The number of nitrogens with one attached hydrogen (secondary N) is 3. The molecule has 14 nitrogen and oxygen atoms in total. The van der Waals surface area contributed by atoms with E-state index < -0.39 is 62.0 Å². The summed E-state index contributed by atoms with van der Waals surface area (Å²) >= 11 is 0. The zero-order chi connectivity index (χ0) is 46.8. The second kappa shape index (κ2) is 21.2. The molecule has 2 saturated carbocycles. The van der Waals surface area contributed by atoms with Crippen LogP contribution in [-0.2, 0) is 24.4 Å². The Morgan fingerprint density at radius 1 is 1.06 bits per heavy atom. The standard InChI is InChI=1S/C35H46N4O7S.C5H9F3N2O.2C2H6.4H2/c1-5-45-26-10-11-28-24(18-26)12-15-36-32(28)46-27-19-29-31(41)37-35(33(42)38-47(43,44)34(4)13-14-34)20-25(35)9-7-6-8-22(2)16-23(3)17-30(40)39(29)21-27;1-4(2,5(6,7)8)10-3(9)11;2*1-2;;;;/h7,9-12,15,18,22-23,25,27,29H,5-6,8,13-14,16-17,19-21H2,1-4H3,(H,37,41)(H,38,42);1-2H3,(H3,9,10,11);2*1-2H3;4*1H/b9-7-;;;;;;;/t22-,23-,25-,27-,29+,35-;;;;;;;/m1......./s1. The lowest BCUT2D eigenvalue weighted by Gasteiger charge is -2.28. The second-order valence-corrected chi connectivity index (χ2v) is 19.1. The zero-order valence-electron chi connectivity index (χ0n) is 37.8. The van der Waals surface area contributed by atoms with Crippen LogP contribution < -0.4 is 30.6 Å². The average Bonchev–Trinajstić information content (AvgIpc) is 4.07. The minimum absolute atomic E-state index is 0. The van der Waals surface area contributed by atoms with Gasteiger partial charge >= 0.3 is 12.2 Å². The normalized spacial score (nSPS) is 26.3. The number of sulfonamides is 1. The summed E-state index contributed by atoms with van der Waals surface area (Å²) in [7, 11) is -3.91. The SMILES string of the molecule is CC.CC.CC(C)(NC(N)=O)C(F)(F)F.CCOc1ccc2c(O[C@@H]3C[C@H]4C(=O)N[C@]5(C(=O)NS(=O)(=O)C6(C)CC6)C[C@H]5/C=C\CC[C@@H](C)C[C@@H](C)CC(=O)N4C3)nccc2c1.[HH].[HH].[HH].[HH]. The Morgan fingerprint density at radius 2 is 1.73 bits per heavy atom. The molecule has 4 aliphatic rings. The van der Waals surface area contributed by atoms with Gasteiger partial charge in [-0.1, -0.05) is 53.7 Å². The molecule has 18 heteroatoms. The Morgan fingerprint density at radius 3 is 2.31 bits per heavy atom.